The van der Waals surface area contributed by atoms with Gasteiger partial charge in [0.25, 0.3) is 10.0 Å². The zero-order valence-corrected chi connectivity index (χ0v) is 10.2. The van der Waals surface area contributed by atoms with E-state index >= 15 is 0 Å². The second-order valence-corrected chi connectivity index (χ2v) is 5.69. The van der Waals surface area contributed by atoms with Crippen LogP contribution in [0.1, 0.15) is 0 Å². The molecule has 3 rings (SSSR count). The predicted molar refractivity (Wildman–Crippen MR) is 68.8 cm³/mol. The molecule has 90 valence electrons. The average molecular weight is 258 g/mol. The van der Waals surface area contributed by atoms with Gasteiger partial charge in [0, 0.05) is 17.8 Å². The van der Waals surface area contributed by atoms with E-state index in [0.29, 0.717) is 10.3 Å². The lowest BCUT2D eigenvalue weighted by Gasteiger charge is -2.08. The van der Waals surface area contributed by atoms with Gasteiger partial charge in [-0.05, 0) is 11.5 Å². The normalized spacial score (nSPS) is 11.8. The van der Waals surface area contributed by atoms with Crippen LogP contribution in [0.3, 0.4) is 0 Å². The minimum atomic E-state index is -3.57. The summed E-state index contributed by atoms with van der Waals surface area (Å²) in [6.45, 7) is 0. The van der Waals surface area contributed by atoms with Crippen LogP contribution in [0.15, 0.2) is 66.1 Å². The van der Waals surface area contributed by atoms with Crippen LogP contribution in [0.4, 0.5) is 0 Å². The van der Waals surface area contributed by atoms with Crippen LogP contribution in [0.5, 0.6) is 0 Å². The molecule has 3 aromatic rings. The highest BCUT2D eigenvalue weighted by Gasteiger charge is 2.18. The first-order chi connectivity index (χ1) is 8.69. The highest BCUT2D eigenvalue weighted by atomic mass is 32.2. The second kappa shape index (κ2) is 3.96. The molecule has 2 aromatic carbocycles. The first kappa shape index (κ1) is 11.0. The Balaban J connectivity index is 2.34. The van der Waals surface area contributed by atoms with E-state index < -0.39 is 10.0 Å². The van der Waals surface area contributed by atoms with Crippen molar-refractivity contribution in [1.82, 2.24) is 8.96 Å². The SMILES string of the molecule is O=S(=O)(c1cccc2ccccc12)n1ccnc1. The summed E-state index contributed by atoms with van der Waals surface area (Å²) in [5, 5.41) is 1.62. The van der Waals surface area contributed by atoms with Crippen LogP contribution in [-0.2, 0) is 10.0 Å². The minimum absolute atomic E-state index is 0.290. The maximum atomic E-state index is 12.4. The number of hydrogen-bond acceptors (Lipinski definition) is 3. The Kier molecular flexibility index (Phi) is 2.41. The molecule has 0 saturated carbocycles. The number of hydrogen-bond donors (Lipinski definition) is 0. The molecule has 0 amide bonds. The van der Waals surface area contributed by atoms with Crippen molar-refractivity contribution in [2.75, 3.05) is 0 Å². The molecule has 0 spiro atoms. The number of imidazole rings is 1. The Bertz CT molecular complexity index is 787. The topological polar surface area (TPSA) is 52.0 Å². The largest absolute Gasteiger partial charge is 0.269 e. The van der Waals surface area contributed by atoms with Crippen molar-refractivity contribution in [3.8, 4) is 0 Å². The van der Waals surface area contributed by atoms with Crippen LogP contribution in [0.25, 0.3) is 10.8 Å². The van der Waals surface area contributed by atoms with Gasteiger partial charge in [-0.15, -0.1) is 0 Å². The van der Waals surface area contributed by atoms with E-state index in [0.717, 1.165) is 9.36 Å². The molecule has 4 nitrogen and oxygen atoms in total. The van der Waals surface area contributed by atoms with Crippen LogP contribution < -0.4 is 0 Å². The van der Waals surface area contributed by atoms with Gasteiger partial charge in [0.15, 0.2) is 0 Å². The molecule has 0 fully saturated rings. The summed E-state index contributed by atoms with van der Waals surface area (Å²) in [4.78, 5) is 4.07. The van der Waals surface area contributed by atoms with Crippen LogP contribution in [-0.4, -0.2) is 17.4 Å². The lowest BCUT2D eigenvalue weighted by Crippen LogP contribution is -2.11. The number of rotatable bonds is 2. The molecular weight excluding hydrogens is 248 g/mol. The number of fused-ring (bicyclic) bond motifs is 1. The molecule has 0 aliphatic rings. The third-order valence-corrected chi connectivity index (χ3v) is 4.47. The summed E-state index contributed by atoms with van der Waals surface area (Å²) >= 11 is 0. The van der Waals surface area contributed by atoms with Gasteiger partial charge in [0.05, 0.1) is 4.90 Å². The van der Waals surface area contributed by atoms with E-state index in [1.54, 1.807) is 18.2 Å². The monoisotopic (exact) mass is 258 g/mol. The lowest BCUT2D eigenvalue weighted by atomic mass is 10.1. The minimum Gasteiger partial charge on any atom is -0.244 e. The van der Waals surface area contributed by atoms with Crippen molar-refractivity contribution in [3.05, 3.63) is 61.2 Å². The Morgan fingerprint density at radius 1 is 1.00 bits per heavy atom. The van der Waals surface area contributed by atoms with E-state index in [4.69, 9.17) is 0 Å². The third kappa shape index (κ3) is 1.60. The second-order valence-electron chi connectivity index (χ2n) is 3.87. The van der Waals surface area contributed by atoms with Crippen molar-refractivity contribution in [1.29, 1.82) is 0 Å². The maximum Gasteiger partial charge on any atom is 0.269 e. The molecule has 0 aliphatic carbocycles. The summed E-state index contributed by atoms with van der Waals surface area (Å²) < 4.78 is 26.0. The van der Waals surface area contributed by atoms with E-state index in [-0.39, 0.29) is 0 Å². The Morgan fingerprint density at radius 2 is 1.78 bits per heavy atom. The predicted octanol–water partition coefficient (Wildman–Crippen LogP) is 2.27. The van der Waals surface area contributed by atoms with Crippen molar-refractivity contribution in [2.24, 2.45) is 0 Å². The van der Waals surface area contributed by atoms with Gasteiger partial charge in [0.2, 0.25) is 0 Å². The lowest BCUT2D eigenvalue weighted by molar-refractivity contribution is 0.588. The quantitative estimate of drug-likeness (QED) is 0.708. The smallest absolute Gasteiger partial charge is 0.244 e. The highest BCUT2D eigenvalue weighted by Crippen LogP contribution is 2.24. The molecule has 0 bridgehead atoms. The zero-order valence-electron chi connectivity index (χ0n) is 9.39. The molecule has 1 heterocycles. The van der Waals surface area contributed by atoms with E-state index in [1.807, 2.05) is 24.3 Å². The Morgan fingerprint density at radius 3 is 2.56 bits per heavy atom. The van der Waals surface area contributed by atoms with Gasteiger partial charge < -0.3 is 0 Å². The van der Waals surface area contributed by atoms with Gasteiger partial charge >= 0.3 is 0 Å². The molecule has 0 atom stereocenters. The van der Waals surface area contributed by atoms with Gasteiger partial charge in [0.1, 0.15) is 6.33 Å². The molecule has 0 unspecified atom stereocenters. The average Bonchev–Trinajstić information content (AvgIpc) is 2.92. The fourth-order valence-electron chi connectivity index (χ4n) is 1.92. The van der Waals surface area contributed by atoms with Crippen LogP contribution >= 0.6 is 0 Å². The zero-order chi connectivity index (χ0) is 12.6. The molecule has 5 heteroatoms. The number of nitrogens with zero attached hydrogens (tertiary/aromatic N) is 2. The van der Waals surface area contributed by atoms with Gasteiger partial charge in [-0.1, -0.05) is 36.4 Å². The van der Waals surface area contributed by atoms with Crippen molar-refractivity contribution in [3.63, 3.8) is 0 Å². The molecule has 0 aliphatic heterocycles. The van der Waals surface area contributed by atoms with Crippen LogP contribution in [0, 0.1) is 0 Å². The van der Waals surface area contributed by atoms with Gasteiger partial charge in [-0.2, -0.15) is 0 Å². The third-order valence-electron chi connectivity index (χ3n) is 2.79. The fraction of sp³-hybridized carbons (Fsp3) is 0. The highest BCUT2D eigenvalue weighted by molar-refractivity contribution is 7.90. The van der Waals surface area contributed by atoms with Crippen molar-refractivity contribution in [2.45, 2.75) is 4.90 Å². The first-order valence-electron chi connectivity index (χ1n) is 5.41. The molecule has 1 aromatic heterocycles. The molecular formula is C13H10N2O2S. The van der Waals surface area contributed by atoms with E-state index in [2.05, 4.69) is 4.98 Å². The molecule has 0 N–H and O–H groups in total. The van der Waals surface area contributed by atoms with E-state index in [9.17, 15) is 8.42 Å². The Hall–Kier alpha value is -2.14. The standard InChI is InChI=1S/C13H10N2O2S/c16-18(17,15-9-8-14-10-15)13-7-3-5-11-4-1-2-6-12(11)13/h1-10H. The fourth-order valence-corrected chi connectivity index (χ4v) is 3.26. The first-order valence-corrected chi connectivity index (χ1v) is 6.85. The Labute approximate surface area is 105 Å². The maximum absolute atomic E-state index is 12.4. The summed E-state index contributed by atoms with van der Waals surface area (Å²) in [6, 6.07) is 12.7. The summed E-state index contributed by atoms with van der Waals surface area (Å²) in [5.41, 5.74) is 0. The number of aromatic nitrogens is 2. The molecule has 0 radical (unpaired) electrons. The number of benzene rings is 2. The molecule has 18 heavy (non-hydrogen) atoms. The molecule has 0 saturated heterocycles. The van der Waals surface area contributed by atoms with Crippen LogP contribution in [0.2, 0.25) is 0 Å². The van der Waals surface area contributed by atoms with Crippen molar-refractivity contribution < 1.29 is 8.42 Å². The summed E-state index contributed by atoms with van der Waals surface area (Å²) in [7, 11) is -3.57. The van der Waals surface area contributed by atoms with E-state index in [1.165, 1.54) is 18.7 Å². The van der Waals surface area contributed by atoms with Gasteiger partial charge in [-0.25, -0.2) is 17.4 Å². The van der Waals surface area contributed by atoms with Gasteiger partial charge in [-0.3, -0.25) is 0 Å². The summed E-state index contributed by atoms with van der Waals surface area (Å²) in [6.07, 6.45) is 4.16. The summed E-state index contributed by atoms with van der Waals surface area (Å²) in [5.74, 6) is 0. The van der Waals surface area contributed by atoms with Crippen molar-refractivity contribution >= 4 is 20.8 Å².